The van der Waals surface area contributed by atoms with E-state index in [2.05, 4.69) is 105 Å². The topological polar surface area (TPSA) is 0 Å². The van der Waals surface area contributed by atoms with Gasteiger partial charge in [-0.3, -0.25) is 0 Å². The van der Waals surface area contributed by atoms with Gasteiger partial charge in [0.05, 0.1) is 0 Å². The van der Waals surface area contributed by atoms with Gasteiger partial charge in [-0.2, -0.15) is 0 Å². The Bertz CT molecular complexity index is 857. The van der Waals surface area contributed by atoms with Crippen LogP contribution in [-0.2, 0) is 31.1 Å². The third-order valence-electron chi connectivity index (χ3n) is 8.56. The van der Waals surface area contributed by atoms with E-state index in [9.17, 15) is 0 Å². The monoisotopic (exact) mass is 446 g/mol. The fourth-order valence-corrected chi connectivity index (χ4v) is 6.33. The summed E-state index contributed by atoms with van der Waals surface area (Å²) in [6, 6.07) is 15.9. The standard InChI is InChI=1S/C17H26.C16H24/c1-12(2)13-9-10-15-14(11-13)7-6-8-16(15)17(3,4)5;1-11(2)15-9-13-7-5-6-8-14(13)10-16(15)12(3)4/h6-8,12-13H,9-11H2,1-5H3;5-8,11-12,15-16H,9-10H2,1-4H3. The molecule has 2 aromatic rings. The zero-order valence-corrected chi connectivity index (χ0v) is 23.0. The molecule has 0 bridgehead atoms. The molecule has 0 amide bonds. The van der Waals surface area contributed by atoms with Crippen LogP contribution in [0, 0.1) is 35.5 Å². The van der Waals surface area contributed by atoms with Crippen LogP contribution < -0.4 is 0 Å². The van der Waals surface area contributed by atoms with E-state index in [0.29, 0.717) is 0 Å². The van der Waals surface area contributed by atoms with Gasteiger partial charge < -0.3 is 0 Å². The molecule has 0 fully saturated rings. The van der Waals surface area contributed by atoms with Gasteiger partial charge in [-0.05, 0) is 101 Å². The quantitative estimate of drug-likeness (QED) is 0.441. The molecule has 0 radical (unpaired) electrons. The van der Waals surface area contributed by atoms with Gasteiger partial charge in [0.2, 0.25) is 0 Å². The van der Waals surface area contributed by atoms with Gasteiger partial charge in [0, 0.05) is 0 Å². The van der Waals surface area contributed by atoms with E-state index < -0.39 is 0 Å². The molecular formula is C33H50. The SMILES string of the molecule is CC(C)C1CCc2c(cccc2C(C)(C)C)C1.CC(C)C1Cc2ccccc2CC1C(C)C. The van der Waals surface area contributed by atoms with Gasteiger partial charge in [0.15, 0.2) is 0 Å². The molecule has 0 heteroatoms. The highest BCUT2D eigenvalue weighted by molar-refractivity contribution is 5.41. The van der Waals surface area contributed by atoms with Crippen molar-refractivity contribution in [3.63, 3.8) is 0 Å². The van der Waals surface area contributed by atoms with Gasteiger partial charge >= 0.3 is 0 Å². The van der Waals surface area contributed by atoms with Crippen molar-refractivity contribution in [3.05, 3.63) is 70.3 Å². The average molecular weight is 447 g/mol. The lowest BCUT2D eigenvalue weighted by molar-refractivity contribution is 0.181. The smallest absolute Gasteiger partial charge is 0.0129 e. The second kappa shape index (κ2) is 10.8. The Morgan fingerprint density at radius 1 is 0.636 bits per heavy atom. The Labute approximate surface area is 205 Å². The first-order valence-electron chi connectivity index (χ1n) is 13.7. The van der Waals surface area contributed by atoms with Crippen molar-refractivity contribution in [2.45, 2.75) is 99.8 Å². The Hall–Kier alpha value is -1.56. The van der Waals surface area contributed by atoms with E-state index in [-0.39, 0.29) is 5.41 Å². The first-order chi connectivity index (χ1) is 15.5. The summed E-state index contributed by atoms with van der Waals surface area (Å²) in [5.41, 5.74) is 8.31. The average Bonchev–Trinajstić information content (AvgIpc) is 2.77. The maximum absolute atomic E-state index is 2.38. The number of fused-ring (bicyclic) bond motifs is 2. The molecule has 0 saturated carbocycles. The molecule has 182 valence electrons. The highest BCUT2D eigenvalue weighted by atomic mass is 14.4. The molecule has 4 rings (SSSR count). The van der Waals surface area contributed by atoms with Crippen LogP contribution in [0.2, 0.25) is 0 Å². The highest BCUT2D eigenvalue weighted by Gasteiger charge is 2.32. The minimum absolute atomic E-state index is 0.288. The van der Waals surface area contributed by atoms with Crippen molar-refractivity contribution >= 4 is 0 Å². The van der Waals surface area contributed by atoms with Crippen molar-refractivity contribution in [3.8, 4) is 0 Å². The highest BCUT2D eigenvalue weighted by Crippen LogP contribution is 2.38. The Balaban J connectivity index is 0.000000186. The molecule has 2 aliphatic carbocycles. The summed E-state index contributed by atoms with van der Waals surface area (Å²) in [6.07, 6.45) is 6.52. The first kappa shape index (κ1) is 26.1. The molecule has 33 heavy (non-hydrogen) atoms. The molecule has 0 aromatic heterocycles. The van der Waals surface area contributed by atoms with E-state index in [4.69, 9.17) is 0 Å². The van der Waals surface area contributed by atoms with Gasteiger partial charge in [0.1, 0.15) is 0 Å². The fourth-order valence-electron chi connectivity index (χ4n) is 6.33. The molecular weight excluding hydrogens is 396 g/mol. The molecule has 0 N–H and O–H groups in total. The number of hydrogen-bond donors (Lipinski definition) is 0. The van der Waals surface area contributed by atoms with Gasteiger partial charge in [-0.25, -0.2) is 0 Å². The van der Waals surface area contributed by atoms with E-state index in [1.807, 2.05) is 0 Å². The predicted molar refractivity (Wildman–Crippen MR) is 146 cm³/mol. The summed E-state index contributed by atoms with van der Waals surface area (Å²) in [7, 11) is 0. The molecule has 2 aliphatic rings. The van der Waals surface area contributed by atoms with Gasteiger partial charge in [-0.15, -0.1) is 0 Å². The number of hydrogen-bond acceptors (Lipinski definition) is 0. The first-order valence-corrected chi connectivity index (χ1v) is 13.7. The second-order valence-corrected chi connectivity index (χ2v) is 12.9. The third kappa shape index (κ3) is 6.32. The van der Waals surface area contributed by atoms with Crippen LogP contribution in [0.3, 0.4) is 0 Å². The van der Waals surface area contributed by atoms with E-state index >= 15 is 0 Å². The summed E-state index contributed by atoms with van der Waals surface area (Å²) in [5.74, 6) is 5.06. The van der Waals surface area contributed by atoms with Crippen molar-refractivity contribution in [1.82, 2.24) is 0 Å². The van der Waals surface area contributed by atoms with Gasteiger partial charge in [0.25, 0.3) is 0 Å². The molecule has 0 spiro atoms. The van der Waals surface area contributed by atoms with Crippen LogP contribution in [-0.4, -0.2) is 0 Å². The zero-order chi connectivity index (χ0) is 24.3. The third-order valence-corrected chi connectivity index (χ3v) is 8.56. The molecule has 0 saturated heterocycles. The lowest BCUT2D eigenvalue weighted by Crippen LogP contribution is -2.32. The Kier molecular flexibility index (Phi) is 8.52. The van der Waals surface area contributed by atoms with E-state index in [0.717, 1.165) is 35.5 Å². The van der Waals surface area contributed by atoms with Crippen LogP contribution in [0.5, 0.6) is 0 Å². The van der Waals surface area contributed by atoms with Gasteiger partial charge in [-0.1, -0.05) is 105 Å². The maximum atomic E-state index is 2.38. The molecule has 0 aliphatic heterocycles. The molecule has 0 nitrogen and oxygen atoms in total. The van der Waals surface area contributed by atoms with E-state index in [1.54, 1.807) is 27.8 Å². The largest absolute Gasteiger partial charge is 0.0625 e. The molecule has 2 aromatic carbocycles. The lowest BCUT2D eigenvalue weighted by atomic mass is 9.67. The number of benzene rings is 2. The Morgan fingerprint density at radius 3 is 1.61 bits per heavy atom. The number of rotatable bonds is 3. The van der Waals surface area contributed by atoms with Crippen LogP contribution in [0.25, 0.3) is 0 Å². The lowest BCUT2D eigenvalue weighted by Gasteiger charge is -2.38. The predicted octanol–water partition coefficient (Wildman–Crippen LogP) is 9.07. The van der Waals surface area contributed by atoms with Crippen LogP contribution >= 0.6 is 0 Å². The summed E-state index contributed by atoms with van der Waals surface area (Å²) < 4.78 is 0. The zero-order valence-electron chi connectivity index (χ0n) is 23.0. The van der Waals surface area contributed by atoms with Crippen molar-refractivity contribution in [1.29, 1.82) is 0 Å². The van der Waals surface area contributed by atoms with Crippen molar-refractivity contribution in [2.75, 3.05) is 0 Å². The molecule has 0 heterocycles. The summed E-state index contributed by atoms with van der Waals surface area (Å²) in [4.78, 5) is 0. The fraction of sp³-hybridized carbons (Fsp3) is 0.636. The minimum atomic E-state index is 0.288. The summed E-state index contributed by atoms with van der Waals surface area (Å²) in [6.45, 7) is 21.3. The maximum Gasteiger partial charge on any atom is -0.0129 e. The van der Waals surface area contributed by atoms with Crippen LogP contribution in [0.15, 0.2) is 42.5 Å². The second-order valence-electron chi connectivity index (χ2n) is 12.9. The normalized spacial score (nSPS) is 22.6. The van der Waals surface area contributed by atoms with Crippen LogP contribution in [0.1, 0.15) is 96.6 Å². The summed E-state index contributed by atoms with van der Waals surface area (Å²) in [5, 5.41) is 0. The van der Waals surface area contributed by atoms with Crippen molar-refractivity contribution < 1.29 is 0 Å². The van der Waals surface area contributed by atoms with Crippen molar-refractivity contribution in [2.24, 2.45) is 35.5 Å². The van der Waals surface area contributed by atoms with E-state index in [1.165, 1.54) is 32.1 Å². The minimum Gasteiger partial charge on any atom is -0.0625 e. The molecule has 3 atom stereocenters. The Morgan fingerprint density at radius 2 is 1.15 bits per heavy atom. The van der Waals surface area contributed by atoms with Crippen LogP contribution in [0.4, 0.5) is 0 Å². The summed E-state index contributed by atoms with van der Waals surface area (Å²) >= 11 is 0. The molecule has 3 unspecified atom stereocenters.